The molecule has 1 aromatic carbocycles. The Kier molecular flexibility index (Phi) is 6.04. The number of benzene rings is 1. The van der Waals surface area contributed by atoms with E-state index in [-0.39, 0.29) is 0 Å². The Morgan fingerprint density at radius 2 is 1.96 bits per heavy atom. The first-order valence-corrected chi connectivity index (χ1v) is 8.82. The Morgan fingerprint density at radius 3 is 2.67 bits per heavy atom. The van der Waals surface area contributed by atoms with E-state index in [1.807, 2.05) is 18.2 Å². The van der Waals surface area contributed by atoms with E-state index in [1.165, 1.54) is 5.56 Å². The summed E-state index contributed by atoms with van der Waals surface area (Å²) in [6.07, 6.45) is 6.16. The highest BCUT2D eigenvalue weighted by atomic mass is 32.1. The normalized spacial score (nSPS) is 15.8. The topological polar surface area (TPSA) is 32.9 Å². The molecule has 1 saturated heterocycles. The van der Waals surface area contributed by atoms with Gasteiger partial charge in [0.1, 0.15) is 5.76 Å². The molecule has 0 atom stereocenters. The minimum atomic E-state index is 0.652. The summed E-state index contributed by atoms with van der Waals surface area (Å²) in [7, 11) is 0. The summed E-state index contributed by atoms with van der Waals surface area (Å²) >= 11 is 5.49. The molecule has 2 N–H and O–H groups in total. The number of piperazine rings is 1. The fraction of sp³-hybridized carbons (Fsp3) is 0.316. The van der Waals surface area contributed by atoms with Crippen molar-refractivity contribution < 1.29 is 9.32 Å². The smallest absolute Gasteiger partial charge is 0.169 e. The van der Waals surface area contributed by atoms with E-state index in [1.54, 1.807) is 11.2 Å². The van der Waals surface area contributed by atoms with Gasteiger partial charge >= 0.3 is 0 Å². The Morgan fingerprint density at radius 1 is 1.17 bits per heavy atom. The number of nitrogens with one attached hydrogen (secondary N) is 2. The molecule has 126 valence electrons. The summed E-state index contributed by atoms with van der Waals surface area (Å²) in [4.78, 5) is 3.86. The number of quaternary nitrogens is 1. The molecule has 0 saturated carbocycles. The average molecular weight is 342 g/mol. The van der Waals surface area contributed by atoms with E-state index in [9.17, 15) is 0 Å². The van der Waals surface area contributed by atoms with Crippen LogP contribution < -0.4 is 10.2 Å². The van der Waals surface area contributed by atoms with Gasteiger partial charge in [0.05, 0.1) is 45.5 Å². The Labute approximate surface area is 148 Å². The first-order valence-electron chi connectivity index (χ1n) is 8.41. The molecule has 5 heteroatoms. The van der Waals surface area contributed by atoms with E-state index in [0.29, 0.717) is 6.54 Å². The molecule has 0 aliphatic carbocycles. The standard InChI is InChI=1S/C19H23N3OS/c24-19(20-16-18-9-5-15-23-18)22-13-11-21(12-14-22)10-4-8-17-6-2-1-3-7-17/h1-9,15H,10-14,16H2,(H,20,24)/p+1/b8-4+. The fourth-order valence-corrected chi connectivity index (χ4v) is 3.10. The van der Waals surface area contributed by atoms with Gasteiger partial charge in [-0.1, -0.05) is 36.4 Å². The molecule has 1 fully saturated rings. The van der Waals surface area contributed by atoms with Crippen LogP contribution in [-0.2, 0) is 6.54 Å². The van der Waals surface area contributed by atoms with Crippen molar-refractivity contribution in [1.82, 2.24) is 10.2 Å². The maximum absolute atomic E-state index is 5.49. The van der Waals surface area contributed by atoms with Crippen LogP contribution in [0, 0.1) is 0 Å². The van der Waals surface area contributed by atoms with Gasteiger partial charge in [0.15, 0.2) is 5.11 Å². The fourth-order valence-electron chi connectivity index (χ4n) is 2.84. The van der Waals surface area contributed by atoms with Crippen molar-refractivity contribution in [3.05, 3.63) is 66.1 Å². The van der Waals surface area contributed by atoms with Crippen molar-refractivity contribution in [3.8, 4) is 0 Å². The zero-order chi connectivity index (χ0) is 16.6. The quantitative estimate of drug-likeness (QED) is 0.808. The lowest BCUT2D eigenvalue weighted by molar-refractivity contribution is -0.897. The molecule has 4 nitrogen and oxygen atoms in total. The van der Waals surface area contributed by atoms with Crippen LogP contribution >= 0.6 is 12.2 Å². The SMILES string of the molecule is S=C(NCc1ccco1)N1CC[NH+](C/C=C/c2ccccc2)CC1. The van der Waals surface area contributed by atoms with Gasteiger partial charge in [-0.15, -0.1) is 0 Å². The van der Waals surface area contributed by atoms with Gasteiger partial charge in [0.25, 0.3) is 0 Å². The number of hydrogen-bond acceptors (Lipinski definition) is 2. The van der Waals surface area contributed by atoms with E-state index in [0.717, 1.165) is 43.6 Å². The lowest BCUT2D eigenvalue weighted by Crippen LogP contribution is -3.14. The van der Waals surface area contributed by atoms with Crippen LogP contribution in [0.4, 0.5) is 0 Å². The number of hydrogen-bond donors (Lipinski definition) is 2. The van der Waals surface area contributed by atoms with Gasteiger partial charge in [-0.2, -0.15) is 0 Å². The van der Waals surface area contributed by atoms with Crippen molar-refractivity contribution in [3.63, 3.8) is 0 Å². The van der Waals surface area contributed by atoms with Gasteiger partial charge in [-0.3, -0.25) is 0 Å². The largest absolute Gasteiger partial charge is 0.467 e. The maximum atomic E-state index is 5.49. The minimum Gasteiger partial charge on any atom is -0.467 e. The van der Waals surface area contributed by atoms with Crippen LogP contribution in [0.1, 0.15) is 11.3 Å². The second-order valence-corrected chi connectivity index (χ2v) is 6.38. The van der Waals surface area contributed by atoms with Crippen LogP contribution in [0.5, 0.6) is 0 Å². The number of furan rings is 1. The molecule has 1 aliphatic rings. The van der Waals surface area contributed by atoms with Gasteiger partial charge in [-0.25, -0.2) is 0 Å². The maximum Gasteiger partial charge on any atom is 0.169 e. The molecule has 3 rings (SSSR count). The molecule has 0 amide bonds. The lowest BCUT2D eigenvalue weighted by Gasteiger charge is -2.33. The van der Waals surface area contributed by atoms with E-state index in [2.05, 4.69) is 46.6 Å². The van der Waals surface area contributed by atoms with Gasteiger partial charge < -0.3 is 19.5 Å². The Hall–Kier alpha value is -2.11. The summed E-state index contributed by atoms with van der Waals surface area (Å²) in [5.74, 6) is 0.910. The molecule has 0 spiro atoms. The molecular formula is C19H24N3OS+. The third-order valence-electron chi connectivity index (χ3n) is 4.27. The molecule has 1 aliphatic heterocycles. The first-order chi connectivity index (χ1) is 11.8. The summed E-state index contributed by atoms with van der Waals surface area (Å²) in [5.41, 5.74) is 1.26. The molecule has 0 unspecified atom stereocenters. The molecule has 2 heterocycles. The summed E-state index contributed by atoms with van der Waals surface area (Å²) in [6.45, 7) is 5.94. The second-order valence-electron chi connectivity index (χ2n) is 5.99. The zero-order valence-corrected chi connectivity index (χ0v) is 14.6. The molecular weight excluding hydrogens is 318 g/mol. The van der Waals surface area contributed by atoms with Gasteiger partial charge in [-0.05, 0) is 36.0 Å². The highest BCUT2D eigenvalue weighted by Crippen LogP contribution is 2.01. The highest BCUT2D eigenvalue weighted by Gasteiger charge is 2.20. The van der Waals surface area contributed by atoms with Crippen LogP contribution in [-0.4, -0.2) is 42.7 Å². The van der Waals surface area contributed by atoms with Crippen LogP contribution in [0.2, 0.25) is 0 Å². The lowest BCUT2D eigenvalue weighted by atomic mass is 10.2. The average Bonchev–Trinajstić information content (AvgIpc) is 3.15. The predicted molar refractivity (Wildman–Crippen MR) is 101 cm³/mol. The molecule has 1 aromatic heterocycles. The predicted octanol–water partition coefficient (Wildman–Crippen LogP) is 1.57. The zero-order valence-electron chi connectivity index (χ0n) is 13.8. The van der Waals surface area contributed by atoms with Crippen LogP contribution in [0.15, 0.2) is 59.2 Å². The van der Waals surface area contributed by atoms with Crippen molar-refractivity contribution in [2.75, 3.05) is 32.7 Å². The van der Waals surface area contributed by atoms with Crippen LogP contribution in [0.25, 0.3) is 6.08 Å². The molecule has 2 aromatic rings. The van der Waals surface area contributed by atoms with E-state index in [4.69, 9.17) is 16.6 Å². The molecule has 0 radical (unpaired) electrons. The Bertz CT molecular complexity index is 647. The first kappa shape index (κ1) is 16.7. The van der Waals surface area contributed by atoms with Crippen molar-refractivity contribution in [2.45, 2.75) is 6.54 Å². The minimum absolute atomic E-state index is 0.652. The summed E-state index contributed by atoms with van der Waals surface area (Å²) < 4.78 is 5.32. The van der Waals surface area contributed by atoms with Crippen LogP contribution in [0.3, 0.4) is 0 Å². The summed E-state index contributed by atoms with van der Waals surface area (Å²) in [6, 6.07) is 14.3. The van der Waals surface area contributed by atoms with Crippen molar-refractivity contribution >= 4 is 23.4 Å². The monoisotopic (exact) mass is 342 g/mol. The number of thiocarbonyl (C=S) groups is 1. The molecule has 0 bridgehead atoms. The van der Waals surface area contributed by atoms with E-state index < -0.39 is 0 Å². The van der Waals surface area contributed by atoms with Crippen molar-refractivity contribution in [1.29, 1.82) is 0 Å². The number of nitrogens with zero attached hydrogens (tertiary/aromatic N) is 1. The number of rotatable bonds is 5. The third-order valence-corrected chi connectivity index (χ3v) is 4.67. The third kappa shape index (κ3) is 4.94. The summed E-state index contributed by atoms with van der Waals surface area (Å²) in [5, 5.41) is 4.10. The van der Waals surface area contributed by atoms with E-state index >= 15 is 0 Å². The second kappa shape index (κ2) is 8.66. The van der Waals surface area contributed by atoms with Gasteiger partial charge in [0, 0.05) is 0 Å². The highest BCUT2D eigenvalue weighted by molar-refractivity contribution is 7.80. The molecule has 24 heavy (non-hydrogen) atoms. The Balaban J connectivity index is 1.37. The van der Waals surface area contributed by atoms with Gasteiger partial charge in [0.2, 0.25) is 0 Å². The van der Waals surface area contributed by atoms with Crippen molar-refractivity contribution in [2.24, 2.45) is 0 Å².